The maximum Gasteiger partial charge on any atom is 0.253 e. The fraction of sp³-hybridized carbons (Fsp3) is 0.583. The lowest BCUT2D eigenvalue weighted by atomic mass is 10.2. The van der Waals surface area contributed by atoms with Gasteiger partial charge in [-0.05, 0) is 13.5 Å². The third-order valence-electron chi connectivity index (χ3n) is 2.80. The SMILES string of the molecule is CNCCN(C)C(=O)CCCN1C(=O)C=CC1=O. The standard InChI is InChI=1S/C12H19N3O3/c1-13-7-9-14(2)10(16)4-3-8-15-11(17)5-6-12(15)18/h5-6,13H,3-4,7-9H2,1-2H3. The normalized spacial score (nSPS) is 14.4. The first-order chi connectivity index (χ1) is 8.56. The molecule has 0 bridgehead atoms. The second kappa shape index (κ2) is 6.90. The Hall–Kier alpha value is -1.69. The molecule has 0 aromatic rings. The van der Waals surface area contributed by atoms with Crippen molar-refractivity contribution in [3.05, 3.63) is 12.2 Å². The second-order valence-electron chi connectivity index (χ2n) is 4.18. The van der Waals surface area contributed by atoms with Gasteiger partial charge in [-0.1, -0.05) is 0 Å². The molecule has 1 rings (SSSR count). The predicted molar refractivity (Wildman–Crippen MR) is 66.7 cm³/mol. The molecule has 0 unspecified atom stereocenters. The zero-order valence-corrected chi connectivity index (χ0v) is 10.8. The molecule has 6 nitrogen and oxygen atoms in total. The Kier molecular flexibility index (Phi) is 5.51. The topological polar surface area (TPSA) is 69.7 Å². The van der Waals surface area contributed by atoms with E-state index in [2.05, 4.69) is 5.32 Å². The molecule has 6 heteroatoms. The van der Waals surface area contributed by atoms with Crippen LogP contribution in [0.5, 0.6) is 0 Å². The molecule has 1 N–H and O–H groups in total. The van der Waals surface area contributed by atoms with Crippen LogP contribution in [0.3, 0.4) is 0 Å². The number of rotatable bonds is 7. The van der Waals surface area contributed by atoms with E-state index in [1.807, 2.05) is 7.05 Å². The minimum absolute atomic E-state index is 0.0253. The monoisotopic (exact) mass is 253 g/mol. The van der Waals surface area contributed by atoms with E-state index in [0.29, 0.717) is 25.9 Å². The first-order valence-electron chi connectivity index (χ1n) is 5.98. The summed E-state index contributed by atoms with van der Waals surface area (Å²) in [6.07, 6.45) is 3.35. The van der Waals surface area contributed by atoms with Gasteiger partial charge in [-0.15, -0.1) is 0 Å². The van der Waals surface area contributed by atoms with Crippen LogP contribution >= 0.6 is 0 Å². The van der Waals surface area contributed by atoms with Crippen LogP contribution in [0, 0.1) is 0 Å². The van der Waals surface area contributed by atoms with Crippen molar-refractivity contribution in [2.45, 2.75) is 12.8 Å². The molecule has 0 saturated carbocycles. The van der Waals surface area contributed by atoms with Gasteiger partial charge < -0.3 is 10.2 Å². The maximum absolute atomic E-state index is 11.7. The summed E-state index contributed by atoms with van der Waals surface area (Å²) in [6.45, 7) is 1.70. The third-order valence-corrected chi connectivity index (χ3v) is 2.80. The lowest BCUT2D eigenvalue weighted by Crippen LogP contribution is -2.34. The summed E-state index contributed by atoms with van der Waals surface area (Å²) in [4.78, 5) is 37.0. The van der Waals surface area contributed by atoms with Gasteiger partial charge in [0.25, 0.3) is 11.8 Å². The van der Waals surface area contributed by atoms with Gasteiger partial charge in [0.05, 0.1) is 0 Å². The molecule has 0 saturated heterocycles. The smallest absolute Gasteiger partial charge is 0.253 e. The molecule has 0 aromatic carbocycles. The van der Waals surface area contributed by atoms with E-state index in [4.69, 9.17) is 0 Å². The first kappa shape index (κ1) is 14.4. The highest BCUT2D eigenvalue weighted by atomic mass is 16.2. The van der Waals surface area contributed by atoms with E-state index < -0.39 is 0 Å². The van der Waals surface area contributed by atoms with Crippen LogP contribution in [-0.4, -0.2) is 61.3 Å². The minimum atomic E-state index is -0.295. The van der Waals surface area contributed by atoms with Crippen molar-refractivity contribution in [3.63, 3.8) is 0 Å². The van der Waals surface area contributed by atoms with Crippen molar-refractivity contribution in [3.8, 4) is 0 Å². The molecule has 0 spiro atoms. The van der Waals surface area contributed by atoms with Gasteiger partial charge in [0.1, 0.15) is 0 Å². The molecule has 1 aliphatic heterocycles. The van der Waals surface area contributed by atoms with Crippen molar-refractivity contribution >= 4 is 17.7 Å². The van der Waals surface area contributed by atoms with Crippen molar-refractivity contribution in [1.29, 1.82) is 0 Å². The number of likely N-dealkylation sites (N-methyl/N-ethyl adjacent to an activating group) is 2. The Labute approximate surface area is 107 Å². The molecule has 0 aliphatic carbocycles. The highest BCUT2D eigenvalue weighted by molar-refractivity contribution is 6.12. The highest BCUT2D eigenvalue weighted by Gasteiger charge is 2.22. The number of carbonyl (C=O) groups excluding carboxylic acids is 3. The molecule has 3 amide bonds. The van der Waals surface area contributed by atoms with Crippen LogP contribution in [0.4, 0.5) is 0 Å². The van der Waals surface area contributed by atoms with Gasteiger partial charge in [0.2, 0.25) is 5.91 Å². The molecule has 100 valence electrons. The summed E-state index contributed by atoms with van der Waals surface area (Å²) in [7, 11) is 3.57. The van der Waals surface area contributed by atoms with Gasteiger partial charge in [0, 0.05) is 45.3 Å². The van der Waals surface area contributed by atoms with Crippen molar-refractivity contribution in [2.75, 3.05) is 33.7 Å². The predicted octanol–water partition coefficient (Wildman–Crippen LogP) is -0.631. The lowest BCUT2D eigenvalue weighted by molar-refractivity contribution is -0.138. The zero-order valence-electron chi connectivity index (χ0n) is 10.8. The lowest BCUT2D eigenvalue weighted by Gasteiger charge is -2.18. The van der Waals surface area contributed by atoms with Crippen LogP contribution in [0.1, 0.15) is 12.8 Å². The van der Waals surface area contributed by atoms with Gasteiger partial charge >= 0.3 is 0 Å². The largest absolute Gasteiger partial charge is 0.344 e. The molecule has 0 aromatic heterocycles. The highest BCUT2D eigenvalue weighted by Crippen LogP contribution is 2.06. The molecule has 18 heavy (non-hydrogen) atoms. The number of hydrogen-bond donors (Lipinski definition) is 1. The summed E-state index contributed by atoms with van der Waals surface area (Å²) in [5.41, 5.74) is 0. The molecule has 0 fully saturated rings. The van der Waals surface area contributed by atoms with E-state index >= 15 is 0 Å². The summed E-state index contributed by atoms with van der Waals surface area (Å²) in [5.74, 6) is -0.565. The van der Waals surface area contributed by atoms with Gasteiger partial charge in [-0.3, -0.25) is 19.3 Å². The Morgan fingerprint density at radius 1 is 1.33 bits per heavy atom. The summed E-state index contributed by atoms with van der Waals surface area (Å²) in [6, 6.07) is 0. The number of nitrogens with one attached hydrogen (secondary N) is 1. The number of imide groups is 1. The second-order valence-corrected chi connectivity index (χ2v) is 4.18. The number of amides is 3. The van der Waals surface area contributed by atoms with Crippen LogP contribution in [0.25, 0.3) is 0 Å². The molecular formula is C12H19N3O3. The average molecular weight is 253 g/mol. The van der Waals surface area contributed by atoms with Crippen LogP contribution in [-0.2, 0) is 14.4 Å². The molecule has 1 aliphatic rings. The summed E-state index contributed by atoms with van der Waals surface area (Å²) < 4.78 is 0. The van der Waals surface area contributed by atoms with E-state index in [1.165, 1.54) is 12.2 Å². The Bertz CT molecular complexity index is 348. The Balaban J connectivity index is 2.23. The quantitative estimate of drug-likeness (QED) is 0.613. The molecule has 1 heterocycles. The van der Waals surface area contributed by atoms with Crippen molar-refractivity contribution in [1.82, 2.24) is 15.1 Å². The first-order valence-corrected chi connectivity index (χ1v) is 5.98. The minimum Gasteiger partial charge on any atom is -0.344 e. The van der Waals surface area contributed by atoms with Gasteiger partial charge in [0.15, 0.2) is 0 Å². The summed E-state index contributed by atoms with van der Waals surface area (Å²) in [5, 5.41) is 2.97. The van der Waals surface area contributed by atoms with Crippen LogP contribution in [0.2, 0.25) is 0 Å². The Morgan fingerprint density at radius 2 is 1.94 bits per heavy atom. The summed E-state index contributed by atoms with van der Waals surface area (Å²) >= 11 is 0. The molecular weight excluding hydrogens is 234 g/mol. The molecule has 0 atom stereocenters. The van der Waals surface area contributed by atoms with E-state index in [0.717, 1.165) is 11.4 Å². The van der Waals surface area contributed by atoms with Gasteiger partial charge in [-0.25, -0.2) is 0 Å². The van der Waals surface area contributed by atoms with Gasteiger partial charge in [-0.2, -0.15) is 0 Å². The third kappa shape index (κ3) is 3.96. The van der Waals surface area contributed by atoms with Crippen LogP contribution < -0.4 is 5.32 Å². The van der Waals surface area contributed by atoms with Crippen LogP contribution in [0.15, 0.2) is 12.2 Å². The zero-order chi connectivity index (χ0) is 13.5. The van der Waals surface area contributed by atoms with Crippen molar-refractivity contribution in [2.24, 2.45) is 0 Å². The number of nitrogens with zero attached hydrogens (tertiary/aromatic N) is 2. The van der Waals surface area contributed by atoms with E-state index in [-0.39, 0.29) is 17.7 Å². The number of carbonyl (C=O) groups is 3. The fourth-order valence-electron chi connectivity index (χ4n) is 1.63. The average Bonchev–Trinajstić information content (AvgIpc) is 2.67. The Morgan fingerprint density at radius 3 is 2.50 bits per heavy atom. The van der Waals surface area contributed by atoms with E-state index in [1.54, 1.807) is 11.9 Å². The maximum atomic E-state index is 11.7. The number of hydrogen-bond acceptors (Lipinski definition) is 4. The fourth-order valence-corrected chi connectivity index (χ4v) is 1.63. The van der Waals surface area contributed by atoms with E-state index in [9.17, 15) is 14.4 Å². The molecule has 0 radical (unpaired) electrons. The van der Waals surface area contributed by atoms with Crippen molar-refractivity contribution < 1.29 is 14.4 Å².